The van der Waals surface area contributed by atoms with Crippen LogP contribution in [0.2, 0.25) is 0 Å². The molecule has 1 aromatic rings. The summed E-state index contributed by atoms with van der Waals surface area (Å²) in [4.78, 5) is 0. The second-order valence-corrected chi connectivity index (χ2v) is 4.16. The zero-order valence-corrected chi connectivity index (χ0v) is 8.77. The Hall–Kier alpha value is -1.04. The van der Waals surface area contributed by atoms with Crippen LogP contribution in [0.4, 0.5) is 13.2 Å². The average molecular weight is 233 g/mol. The lowest BCUT2D eigenvalue weighted by molar-refractivity contribution is -0.138. The standard InChI is InChI=1S/C10H14F3N3/c11-10(12,13)8-6-15-16-9(8)5-7-1-3-14-4-2-7/h6-7,14H,1-5H2,(H,15,16). The number of hydrogen-bond donors (Lipinski definition) is 2. The minimum atomic E-state index is -4.30. The van der Waals surface area contributed by atoms with Crippen molar-refractivity contribution in [3.05, 3.63) is 17.5 Å². The van der Waals surface area contributed by atoms with Crippen molar-refractivity contribution < 1.29 is 13.2 Å². The van der Waals surface area contributed by atoms with Gasteiger partial charge in [-0.3, -0.25) is 5.10 Å². The normalized spacial score (nSPS) is 18.9. The smallest absolute Gasteiger partial charge is 0.317 e. The van der Waals surface area contributed by atoms with Crippen LogP contribution in [0.1, 0.15) is 24.1 Å². The predicted octanol–water partition coefficient (Wildman–Crippen LogP) is 1.97. The van der Waals surface area contributed by atoms with Crippen molar-refractivity contribution in [1.82, 2.24) is 15.5 Å². The predicted molar refractivity (Wildman–Crippen MR) is 52.9 cm³/mol. The first-order chi connectivity index (χ1) is 7.57. The second kappa shape index (κ2) is 4.45. The van der Waals surface area contributed by atoms with Crippen molar-refractivity contribution in [2.24, 2.45) is 5.92 Å². The summed E-state index contributed by atoms with van der Waals surface area (Å²) in [6.45, 7) is 1.78. The van der Waals surface area contributed by atoms with Crippen molar-refractivity contribution in [2.75, 3.05) is 13.1 Å². The molecule has 0 atom stereocenters. The number of halogens is 3. The first-order valence-electron chi connectivity index (χ1n) is 5.37. The van der Waals surface area contributed by atoms with Crippen LogP contribution in [-0.4, -0.2) is 23.3 Å². The number of aromatic amines is 1. The van der Waals surface area contributed by atoms with Crippen molar-refractivity contribution in [1.29, 1.82) is 0 Å². The number of alkyl halides is 3. The number of nitrogens with one attached hydrogen (secondary N) is 2. The highest BCUT2D eigenvalue weighted by molar-refractivity contribution is 5.20. The molecule has 0 aliphatic carbocycles. The van der Waals surface area contributed by atoms with E-state index >= 15 is 0 Å². The van der Waals surface area contributed by atoms with Crippen LogP contribution in [0.5, 0.6) is 0 Å². The molecule has 1 aliphatic rings. The van der Waals surface area contributed by atoms with Crippen LogP contribution >= 0.6 is 0 Å². The van der Waals surface area contributed by atoms with Crippen molar-refractivity contribution in [3.8, 4) is 0 Å². The van der Waals surface area contributed by atoms with E-state index < -0.39 is 11.7 Å². The molecule has 16 heavy (non-hydrogen) atoms. The zero-order valence-electron chi connectivity index (χ0n) is 8.77. The molecule has 90 valence electrons. The number of nitrogens with zero attached hydrogens (tertiary/aromatic N) is 1. The van der Waals surface area contributed by atoms with Gasteiger partial charge in [0, 0.05) is 5.69 Å². The van der Waals surface area contributed by atoms with Gasteiger partial charge in [0.05, 0.1) is 11.8 Å². The molecule has 1 saturated heterocycles. The topological polar surface area (TPSA) is 40.7 Å². The van der Waals surface area contributed by atoms with Crippen molar-refractivity contribution in [3.63, 3.8) is 0 Å². The summed E-state index contributed by atoms with van der Waals surface area (Å²) >= 11 is 0. The molecule has 0 amide bonds. The van der Waals surface area contributed by atoms with E-state index in [1.165, 1.54) is 0 Å². The fourth-order valence-corrected chi connectivity index (χ4v) is 2.09. The molecule has 3 nitrogen and oxygen atoms in total. The van der Waals surface area contributed by atoms with Gasteiger partial charge < -0.3 is 5.32 Å². The van der Waals surface area contributed by atoms with Gasteiger partial charge in [-0.15, -0.1) is 0 Å². The van der Waals surface area contributed by atoms with Crippen LogP contribution in [0.25, 0.3) is 0 Å². The Morgan fingerprint density at radius 1 is 1.31 bits per heavy atom. The summed E-state index contributed by atoms with van der Waals surface area (Å²) in [6.07, 6.45) is -1.13. The summed E-state index contributed by atoms with van der Waals surface area (Å²) in [5, 5.41) is 9.15. The molecule has 0 unspecified atom stereocenters. The van der Waals surface area contributed by atoms with E-state index in [0.717, 1.165) is 32.1 Å². The first kappa shape index (κ1) is 11.4. The van der Waals surface area contributed by atoms with Gasteiger partial charge in [0.15, 0.2) is 0 Å². The fourth-order valence-electron chi connectivity index (χ4n) is 2.09. The van der Waals surface area contributed by atoms with E-state index in [4.69, 9.17) is 0 Å². The molecule has 2 N–H and O–H groups in total. The number of rotatable bonds is 2. The number of hydrogen-bond acceptors (Lipinski definition) is 2. The molecule has 0 aromatic carbocycles. The number of piperidine rings is 1. The minimum absolute atomic E-state index is 0.222. The average Bonchev–Trinajstić information content (AvgIpc) is 2.67. The fraction of sp³-hybridized carbons (Fsp3) is 0.700. The third-order valence-electron chi connectivity index (χ3n) is 2.98. The Balaban J connectivity index is 2.06. The number of H-pyrrole nitrogens is 1. The SMILES string of the molecule is FC(F)(F)c1cn[nH]c1CC1CCNCC1. The zero-order chi connectivity index (χ0) is 11.6. The van der Waals surface area contributed by atoms with Gasteiger partial charge in [-0.25, -0.2) is 0 Å². The van der Waals surface area contributed by atoms with Gasteiger partial charge in [-0.1, -0.05) is 0 Å². The molecule has 1 fully saturated rings. The maximum absolute atomic E-state index is 12.6. The highest BCUT2D eigenvalue weighted by atomic mass is 19.4. The van der Waals surface area contributed by atoms with E-state index in [1.807, 2.05) is 0 Å². The number of aromatic nitrogens is 2. The third kappa shape index (κ3) is 2.55. The lowest BCUT2D eigenvalue weighted by Crippen LogP contribution is -2.29. The van der Waals surface area contributed by atoms with Crippen LogP contribution in [-0.2, 0) is 12.6 Å². The maximum atomic E-state index is 12.6. The molecule has 2 heterocycles. The Morgan fingerprint density at radius 2 is 2.00 bits per heavy atom. The quantitative estimate of drug-likeness (QED) is 0.820. The Kier molecular flexibility index (Phi) is 3.18. The summed E-state index contributed by atoms with van der Waals surface area (Å²) in [5.74, 6) is 0.322. The molecule has 0 spiro atoms. The Labute approximate surface area is 91.4 Å². The summed E-state index contributed by atoms with van der Waals surface area (Å²) in [7, 11) is 0. The lowest BCUT2D eigenvalue weighted by atomic mass is 9.92. The van der Waals surface area contributed by atoms with Crippen LogP contribution in [0, 0.1) is 5.92 Å². The highest BCUT2D eigenvalue weighted by Gasteiger charge is 2.35. The summed E-state index contributed by atoms with van der Waals surface area (Å²) in [5.41, 5.74) is -0.398. The molecule has 0 bridgehead atoms. The molecule has 6 heteroatoms. The highest BCUT2D eigenvalue weighted by Crippen LogP contribution is 2.32. The van der Waals surface area contributed by atoms with E-state index in [0.29, 0.717) is 12.3 Å². The first-order valence-corrected chi connectivity index (χ1v) is 5.37. The second-order valence-electron chi connectivity index (χ2n) is 4.16. The van der Waals surface area contributed by atoms with Crippen LogP contribution in [0.3, 0.4) is 0 Å². The van der Waals surface area contributed by atoms with E-state index in [2.05, 4.69) is 15.5 Å². The van der Waals surface area contributed by atoms with Gasteiger partial charge >= 0.3 is 6.18 Å². The van der Waals surface area contributed by atoms with Gasteiger partial charge in [0.2, 0.25) is 0 Å². The van der Waals surface area contributed by atoms with E-state index in [1.54, 1.807) is 0 Å². The maximum Gasteiger partial charge on any atom is 0.419 e. The Bertz CT molecular complexity index is 339. The summed E-state index contributed by atoms with van der Waals surface area (Å²) < 4.78 is 37.7. The monoisotopic (exact) mass is 233 g/mol. The molecular weight excluding hydrogens is 219 g/mol. The lowest BCUT2D eigenvalue weighted by Gasteiger charge is -2.22. The van der Waals surface area contributed by atoms with Crippen LogP contribution in [0.15, 0.2) is 6.20 Å². The van der Waals surface area contributed by atoms with Gasteiger partial charge in [0.1, 0.15) is 0 Å². The third-order valence-corrected chi connectivity index (χ3v) is 2.98. The minimum Gasteiger partial charge on any atom is -0.317 e. The Morgan fingerprint density at radius 3 is 2.62 bits per heavy atom. The summed E-state index contributed by atoms with van der Waals surface area (Å²) in [6, 6.07) is 0. The van der Waals surface area contributed by atoms with Gasteiger partial charge in [0.25, 0.3) is 0 Å². The van der Waals surface area contributed by atoms with Crippen molar-refractivity contribution >= 4 is 0 Å². The molecule has 1 aromatic heterocycles. The molecule has 0 saturated carbocycles. The molecule has 1 aliphatic heterocycles. The largest absolute Gasteiger partial charge is 0.419 e. The van der Waals surface area contributed by atoms with Gasteiger partial charge in [-0.05, 0) is 38.3 Å². The van der Waals surface area contributed by atoms with E-state index in [-0.39, 0.29) is 5.69 Å². The molecular formula is C10H14F3N3. The van der Waals surface area contributed by atoms with Crippen molar-refractivity contribution in [2.45, 2.75) is 25.4 Å². The van der Waals surface area contributed by atoms with Crippen LogP contribution < -0.4 is 5.32 Å². The molecule has 2 rings (SSSR count). The molecule has 0 radical (unpaired) electrons. The van der Waals surface area contributed by atoms with Gasteiger partial charge in [-0.2, -0.15) is 18.3 Å². The van der Waals surface area contributed by atoms with E-state index in [9.17, 15) is 13.2 Å².